The van der Waals surface area contributed by atoms with Crippen molar-refractivity contribution in [2.75, 3.05) is 0 Å². The Kier molecular flexibility index (Phi) is 4.25. The molecule has 0 aliphatic heterocycles. The molecule has 6 aromatic rings. The van der Waals surface area contributed by atoms with E-state index in [0.29, 0.717) is 0 Å². The Bertz CT molecular complexity index is 1660. The number of hydrogen-bond donors (Lipinski definition) is 0. The first kappa shape index (κ1) is 19.8. The van der Waals surface area contributed by atoms with Crippen molar-refractivity contribution in [2.24, 2.45) is 0 Å². The maximum absolute atomic E-state index is 6.43. The van der Waals surface area contributed by atoms with Gasteiger partial charge in [-0.15, -0.1) is 0 Å². The molecular weight excluding hydrogens is 406 g/mol. The summed E-state index contributed by atoms with van der Waals surface area (Å²) in [6, 6.07) is 25.4. The predicted octanol–water partition coefficient (Wildman–Crippen LogP) is 8.67. The van der Waals surface area contributed by atoms with Crippen molar-refractivity contribution in [3.63, 3.8) is 0 Å². The van der Waals surface area contributed by atoms with E-state index in [1.165, 1.54) is 16.3 Å². The van der Waals surface area contributed by atoms with Gasteiger partial charge >= 0.3 is 0 Å². The van der Waals surface area contributed by atoms with Crippen molar-refractivity contribution in [1.82, 2.24) is 4.98 Å². The summed E-state index contributed by atoms with van der Waals surface area (Å²) in [4.78, 5) is 4.76. The zero-order valence-electron chi connectivity index (χ0n) is 19.3. The van der Waals surface area contributed by atoms with Crippen LogP contribution in [0.4, 0.5) is 0 Å². The van der Waals surface area contributed by atoms with Gasteiger partial charge < -0.3 is 8.83 Å². The lowest BCUT2D eigenvalue weighted by Gasteiger charge is -2.22. The second-order valence-electron chi connectivity index (χ2n) is 9.79. The molecule has 0 unspecified atom stereocenters. The van der Waals surface area contributed by atoms with Crippen LogP contribution in [0.3, 0.4) is 0 Å². The van der Waals surface area contributed by atoms with E-state index < -0.39 is 0 Å². The van der Waals surface area contributed by atoms with Gasteiger partial charge in [-0.05, 0) is 65.1 Å². The van der Waals surface area contributed by atoms with Gasteiger partial charge in [0.25, 0.3) is 0 Å². The third-order valence-corrected chi connectivity index (χ3v) is 6.30. The molecular formula is C30H25NO2. The topological polar surface area (TPSA) is 39.2 Å². The van der Waals surface area contributed by atoms with Gasteiger partial charge in [-0.1, -0.05) is 57.2 Å². The number of benzene rings is 3. The van der Waals surface area contributed by atoms with Crippen LogP contribution in [0, 0.1) is 6.92 Å². The fourth-order valence-corrected chi connectivity index (χ4v) is 4.70. The highest BCUT2D eigenvalue weighted by Gasteiger charge is 2.20. The second-order valence-corrected chi connectivity index (χ2v) is 9.79. The maximum Gasteiger partial charge on any atom is 0.161 e. The summed E-state index contributed by atoms with van der Waals surface area (Å²) < 4.78 is 12.3. The Morgan fingerprint density at radius 2 is 1.58 bits per heavy atom. The average molecular weight is 432 g/mol. The number of furan rings is 2. The molecule has 3 nitrogen and oxygen atoms in total. The molecule has 0 amide bonds. The number of aromatic nitrogens is 1. The van der Waals surface area contributed by atoms with Crippen LogP contribution in [-0.4, -0.2) is 4.98 Å². The van der Waals surface area contributed by atoms with Crippen molar-refractivity contribution in [2.45, 2.75) is 33.1 Å². The molecule has 0 atom stereocenters. The Morgan fingerprint density at radius 3 is 2.42 bits per heavy atom. The van der Waals surface area contributed by atoms with Crippen molar-refractivity contribution in [1.29, 1.82) is 0 Å². The molecule has 33 heavy (non-hydrogen) atoms. The summed E-state index contributed by atoms with van der Waals surface area (Å²) in [7, 11) is 0. The molecule has 0 saturated carbocycles. The predicted molar refractivity (Wildman–Crippen MR) is 136 cm³/mol. The van der Waals surface area contributed by atoms with Crippen LogP contribution in [0.5, 0.6) is 0 Å². The van der Waals surface area contributed by atoms with Crippen molar-refractivity contribution in [3.8, 4) is 22.6 Å². The molecule has 0 aliphatic rings. The molecule has 6 rings (SSSR count). The summed E-state index contributed by atoms with van der Waals surface area (Å²) in [5.41, 5.74) is 5.92. The summed E-state index contributed by atoms with van der Waals surface area (Å²) in [6.07, 6.45) is 1.86. The lowest BCUT2D eigenvalue weighted by Crippen LogP contribution is -2.12. The van der Waals surface area contributed by atoms with Crippen molar-refractivity contribution in [3.05, 3.63) is 90.3 Å². The van der Waals surface area contributed by atoms with E-state index in [1.54, 1.807) is 0 Å². The molecule has 3 heterocycles. The van der Waals surface area contributed by atoms with Crippen molar-refractivity contribution >= 4 is 32.7 Å². The molecule has 0 bridgehead atoms. The van der Waals surface area contributed by atoms with Gasteiger partial charge in [-0.3, -0.25) is 4.98 Å². The standard InChI is InChI=1S/C30H25NO2/c1-18-13-20-9-10-21(16-26(20)32-18)27-17-22-11-12-31-28(29(22)33-27)23-14-19-7-5-6-8-24(19)25(15-23)30(2,3)4/h5-17H,1-4H3. The molecule has 0 saturated heterocycles. The van der Waals surface area contributed by atoms with Crippen molar-refractivity contribution < 1.29 is 8.83 Å². The largest absolute Gasteiger partial charge is 0.461 e. The molecule has 0 radical (unpaired) electrons. The molecule has 162 valence electrons. The normalized spacial score (nSPS) is 12.2. The highest BCUT2D eigenvalue weighted by Crippen LogP contribution is 2.38. The Labute approximate surface area is 192 Å². The van der Waals surface area contributed by atoms with Gasteiger partial charge in [0.05, 0.1) is 0 Å². The molecule has 0 spiro atoms. The Balaban J connectivity index is 1.55. The third-order valence-electron chi connectivity index (χ3n) is 6.30. The van der Waals surface area contributed by atoms with Crippen LogP contribution in [0.25, 0.3) is 55.3 Å². The van der Waals surface area contributed by atoms with Crippen LogP contribution in [-0.2, 0) is 5.41 Å². The Hall–Kier alpha value is -3.85. The third kappa shape index (κ3) is 3.32. The van der Waals surface area contributed by atoms with E-state index in [4.69, 9.17) is 13.8 Å². The fourth-order valence-electron chi connectivity index (χ4n) is 4.70. The van der Waals surface area contributed by atoms with E-state index >= 15 is 0 Å². The highest BCUT2D eigenvalue weighted by atomic mass is 16.3. The quantitative estimate of drug-likeness (QED) is 0.275. The summed E-state index contributed by atoms with van der Waals surface area (Å²) in [5, 5.41) is 4.63. The maximum atomic E-state index is 6.43. The number of rotatable bonds is 2. The number of pyridine rings is 1. The van der Waals surface area contributed by atoms with E-state index in [1.807, 2.05) is 31.3 Å². The van der Waals surface area contributed by atoms with Gasteiger partial charge in [0, 0.05) is 28.1 Å². The minimum Gasteiger partial charge on any atom is -0.461 e. The summed E-state index contributed by atoms with van der Waals surface area (Å²) >= 11 is 0. The molecule has 0 aliphatic carbocycles. The Morgan fingerprint density at radius 1 is 0.727 bits per heavy atom. The monoisotopic (exact) mass is 431 g/mol. The first-order valence-electron chi connectivity index (χ1n) is 11.3. The second kappa shape index (κ2) is 7.08. The number of nitrogens with zero attached hydrogens (tertiary/aromatic N) is 1. The first-order chi connectivity index (χ1) is 15.9. The fraction of sp³-hybridized carbons (Fsp3) is 0.167. The van der Waals surface area contributed by atoms with Gasteiger partial charge in [0.1, 0.15) is 22.8 Å². The first-order valence-corrected chi connectivity index (χ1v) is 11.3. The van der Waals surface area contributed by atoms with E-state index in [9.17, 15) is 0 Å². The van der Waals surface area contributed by atoms with Crippen LogP contribution in [0.2, 0.25) is 0 Å². The number of aryl methyl sites for hydroxylation is 1. The zero-order chi connectivity index (χ0) is 22.7. The van der Waals surface area contributed by atoms with Gasteiger partial charge in [-0.2, -0.15) is 0 Å². The number of fused-ring (bicyclic) bond motifs is 3. The minimum atomic E-state index is 0.00835. The van der Waals surface area contributed by atoms with E-state index in [2.05, 4.69) is 75.4 Å². The summed E-state index contributed by atoms with van der Waals surface area (Å²) in [5.74, 6) is 1.72. The van der Waals surface area contributed by atoms with Gasteiger partial charge in [-0.25, -0.2) is 0 Å². The molecule has 0 N–H and O–H groups in total. The minimum absolute atomic E-state index is 0.00835. The molecule has 3 aromatic carbocycles. The lowest BCUT2D eigenvalue weighted by molar-refractivity contribution is 0.578. The number of hydrogen-bond acceptors (Lipinski definition) is 3. The van der Waals surface area contributed by atoms with E-state index in [0.717, 1.165) is 50.3 Å². The summed E-state index contributed by atoms with van der Waals surface area (Å²) in [6.45, 7) is 8.73. The van der Waals surface area contributed by atoms with Crippen LogP contribution in [0.15, 0.2) is 87.8 Å². The van der Waals surface area contributed by atoms with E-state index in [-0.39, 0.29) is 5.41 Å². The van der Waals surface area contributed by atoms with Crippen LogP contribution in [0.1, 0.15) is 32.1 Å². The zero-order valence-corrected chi connectivity index (χ0v) is 19.3. The molecule has 0 fully saturated rings. The van der Waals surface area contributed by atoms with Gasteiger partial charge in [0.15, 0.2) is 5.58 Å². The smallest absolute Gasteiger partial charge is 0.161 e. The van der Waals surface area contributed by atoms with Gasteiger partial charge in [0.2, 0.25) is 0 Å². The molecule has 3 aromatic heterocycles. The van der Waals surface area contributed by atoms with Crippen LogP contribution >= 0.6 is 0 Å². The van der Waals surface area contributed by atoms with Crippen LogP contribution < -0.4 is 0 Å². The SMILES string of the molecule is Cc1cc2ccc(-c3cc4ccnc(-c5cc(C(C)(C)C)c6ccccc6c5)c4o3)cc2o1. The average Bonchev–Trinajstić information content (AvgIpc) is 3.39. The lowest BCUT2D eigenvalue weighted by atomic mass is 9.82. The highest BCUT2D eigenvalue weighted by molar-refractivity contribution is 5.97. The molecule has 3 heteroatoms.